The molecule has 2 heteroatoms. The Kier molecular flexibility index (Phi) is 2.13. The quantitative estimate of drug-likeness (QED) is 0.680. The average Bonchev–Trinajstić information content (AvgIpc) is 2.51. The van der Waals surface area contributed by atoms with Crippen molar-refractivity contribution in [2.45, 2.75) is 25.7 Å². The van der Waals surface area contributed by atoms with Gasteiger partial charge in [0.05, 0.1) is 11.4 Å². The van der Waals surface area contributed by atoms with Gasteiger partial charge in [-0.2, -0.15) is 0 Å². The largest absolute Gasteiger partial charge is 0.397 e. The maximum Gasteiger partial charge on any atom is 0.0610 e. The molecule has 2 rings (SSSR count). The van der Waals surface area contributed by atoms with Crippen LogP contribution in [0.25, 0.3) is 0 Å². The molecular formula is C11H16N2. The van der Waals surface area contributed by atoms with E-state index in [9.17, 15) is 0 Å². The summed E-state index contributed by atoms with van der Waals surface area (Å²) in [5.41, 5.74) is 9.33. The molecule has 3 N–H and O–H groups in total. The standard InChI is InChI=1S/C11H16N2/c1-2-4-8-7-13-11-9(8)5-3-6-10(11)12/h3,5-6,8,13H,2,4,7,12H2,1H3/t8-/m0/s1. The molecule has 1 atom stereocenters. The van der Waals surface area contributed by atoms with Gasteiger partial charge in [-0.3, -0.25) is 0 Å². The second-order valence-electron chi connectivity index (χ2n) is 3.68. The Bertz CT molecular complexity index is 307. The van der Waals surface area contributed by atoms with Crippen molar-refractivity contribution in [1.82, 2.24) is 0 Å². The van der Waals surface area contributed by atoms with Gasteiger partial charge in [-0.05, 0) is 18.1 Å². The van der Waals surface area contributed by atoms with Crippen LogP contribution < -0.4 is 11.1 Å². The minimum Gasteiger partial charge on any atom is -0.397 e. The maximum atomic E-state index is 5.87. The lowest BCUT2D eigenvalue weighted by atomic mass is 9.96. The Morgan fingerprint density at radius 1 is 1.54 bits per heavy atom. The predicted molar refractivity (Wildman–Crippen MR) is 57.0 cm³/mol. The first-order valence-electron chi connectivity index (χ1n) is 4.95. The molecule has 70 valence electrons. The highest BCUT2D eigenvalue weighted by Crippen LogP contribution is 2.37. The van der Waals surface area contributed by atoms with Crippen molar-refractivity contribution in [3.05, 3.63) is 23.8 Å². The maximum absolute atomic E-state index is 5.87. The van der Waals surface area contributed by atoms with E-state index in [0.29, 0.717) is 5.92 Å². The summed E-state index contributed by atoms with van der Waals surface area (Å²) < 4.78 is 0. The lowest BCUT2D eigenvalue weighted by Gasteiger charge is -2.07. The summed E-state index contributed by atoms with van der Waals surface area (Å²) in [5.74, 6) is 0.670. The second kappa shape index (κ2) is 3.29. The SMILES string of the molecule is CCC[C@H]1CNc2c(N)cccc21. The minimum absolute atomic E-state index is 0.670. The van der Waals surface area contributed by atoms with Crippen LogP contribution in [0.2, 0.25) is 0 Å². The van der Waals surface area contributed by atoms with Crippen LogP contribution in [0.5, 0.6) is 0 Å². The number of nitrogen functional groups attached to an aromatic ring is 1. The fraction of sp³-hybridized carbons (Fsp3) is 0.455. The van der Waals surface area contributed by atoms with Crippen molar-refractivity contribution in [3.63, 3.8) is 0 Å². The monoisotopic (exact) mass is 176 g/mol. The fourth-order valence-corrected chi connectivity index (χ4v) is 2.07. The number of hydrogen-bond acceptors (Lipinski definition) is 2. The second-order valence-corrected chi connectivity index (χ2v) is 3.68. The molecule has 1 aromatic carbocycles. The molecular weight excluding hydrogens is 160 g/mol. The smallest absolute Gasteiger partial charge is 0.0610 e. The predicted octanol–water partition coefficient (Wildman–Crippen LogP) is 2.58. The number of fused-ring (bicyclic) bond motifs is 1. The van der Waals surface area contributed by atoms with E-state index in [1.807, 2.05) is 12.1 Å². The zero-order chi connectivity index (χ0) is 9.26. The van der Waals surface area contributed by atoms with E-state index >= 15 is 0 Å². The highest BCUT2D eigenvalue weighted by molar-refractivity contribution is 5.73. The zero-order valence-electron chi connectivity index (χ0n) is 8.01. The number of hydrogen-bond donors (Lipinski definition) is 2. The van der Waals surface area contributed by atoms with Crippen LogP contribution in [0.4, 0.5) is 11.4 Å². The van der Waals surface area contributed by atoms with E-state index in [0.717, 1.165) is 12.2 Å². The molecule has 0 unspecified atom stereocenters. The molecule has 0 spiro atoms. The molecule has 1 heterocycles. The molecule has 13 heavy (non-hydrogen) atoms. The van der Waals surface area contributed by atoms with Crippen LogP contribution in [0.1, 0.15) is 31.2 Å². The first kappa shape index (κ1) is 8.42. The van der Waals surface area contributed by atoms with E-state index in [1.165, 1.54) is 24.1 Å². The van der Waals surface area contributed by atoms with Gasteiger partial charge < -0.3 is 11.1 Å². The Morgan fingerprint density at radius 2 is 2.38 bits per heavy atom. The summed E-state index contributed by atoms with van der Waals surface area (Å²) in [6, 6.07) is 6.19. The molecule has 1 aliphatic rings. The highest BCUT2D eigenvalue weighted by Gasteiger charge is 2.22. The van der Waals surface area contributed by atoms with Gasteiger partial charge in [-0.1, -0.05) is 25.5 Å². The van der Waals surface area contributed by atoms with Gasteiger partial charge >= 0.3 is 0 Å². The lowest BCUT2D eigenvalue weighted by molar-refractivity contribution is 0.661. The molecule has 0 fully saturated rings. The van der Waals surface area contributed by atoms with Crippen molar-refractivity contribution in [2.24, 2.45) is 0 Å². The number of rotatable bonds is 2. The van der Waals surface area contributed by atoms with E-state index in [2.05, 4.69) is 18.3 Å². The Labute approximate surface area is 79.1 Å². The van der Waals surface area contributed by atoms with Crippen LogP contribution in [0.3, 0.4) is 0 Å². The van der Waals surface area contributed by atoms with Gasteiger partial charge in [0.1, 0.15) is 0 Å². The van der Waals surface area contributed by atoms with Gasteiger partial charge in [0.25, 0.3) is 0 Å². The van der Waals surface area contributed by atoms with E-state index in [-0.39, 0.29) is 0 Å². The van der Waals surface area contributed by atoms with Crippen molar-refractivity contribution in [3.8, 4) is 0 Å². The number of nitrogens with one attached hydrogen (secondary N) is 1. The van der Waals surface area contributed by atoms with Gasteiger partial charge in [0, 0.05) is 12.5 Å². The fourth-order valence-electron chi connectivity index (χ4n) is 2.07. The average molecular weight is 176 g/mol. The third-order valence-electron chi connectivity index (χ3n) is 2.73. The normalized spacial score (nSPS) is 19.6. The van der Waals surface area contributed by atoms with Crippen LogP contribution in [-0.4, -0.2) is 6.54 Å². The summed E-state index contributed by atoms with van der Waals surface area (Å²) >= 11 is 0. The first-order valence-corrected chi connectivity index (χ1v) is 4.95. The summed E-state index contributed by atoms with van der Waals surface area (Å²) in [5, 5.41) is 3.38. The summed E-state index contributed by atoms with van der Waals surface area (Å²) in [6.07, 6.45) is 2.49. The summed E-state index contributed by atoms with van der Waals surface area (Å²) in [6.45, 7) is 3.28. The number of anilines is 2. The summed E-state index contributed by atoms with van der Waals surface area (Å²) in [7, 11) is 0. The Hall–Kier alpha value is -1.18. The first-order chi connectivity index (χ1) is 6.33. The molecule has 0 bridgehead atoms. The highest BCUT2D eigenvalue weighted by atomic mass is 14.9. The minimum atomic E-state index is 0.670. The Morgan fingerprint density at radius 3 is 3.15 bits per heavy atom. The van der Waals surface area contributed by atoms with Crippen LogP contribution in [0.15, 0.2) is 18.2 Å². The van der Waals surface area contributed by atoms with Gasteiger partial charge in [-0.25, -0.2) is 0 Å². The third-order valence-corrected chi connectivity index (χ3v) is 2.73. The van der Waals surface area contributed by atoms with E-state index in [1.54, 1.807) is 0 Å². The van der Waals surface area contributed by atoms with E-state index in [4.69, 9.17) is 5.73 Å². The zero-order valence-corrected chi connectivity index (χ0v) is 8.01. The molecule has 2 nitrogen and oxygen atoms in total. The lowest BCUT2D eigenvalue weighted by Crippen LogP contribution is -2.00. The molecule has 1 aromatic rings. The molecule has 0 aromatic heterocycles. The molecule has 0 aliphatic carbocycles. The van der Waals surface area contributed by atoms with Gasteiger partial charge in [-0.15, -0.1) is 0 Å². The third kappa shape index (κ3) is 1.37. The molecule has 0 saturated heterocycles. The van der Waals surface area contributed by atoms with Crippen molar-refractivity contribution in [1.29, 1.82) is 0 Å². The van der Waals surface area contributed by atoms with Crippen LogP contribution >= 0.6 is 0 Å². The number of benzene rings is 1. The van der Waals surface area contributed by atoms with Gasteiger partial charge in [0.15, 0.2) is 0 Å². The van der Waals surface area contributed by atoms with Crippen molar-refractivity contribution in [2.75, 3.05) is 17.6 Å². The van der Waals surface area contributed by atoms with Gasteiger partial charge in [0.2, 0.25) is 0 Å². The molecule has 0 radical (unpaired) electrons. The number of para-hydroxylation sites is 1. The topological polar surface area (TPSA) is 38.0 Å². The molecule has 0 amide bonds. The summed E-state index contributed by atoms with van der Waals surface area (Å²) in [4.78, 5) is 0. The van der Waals surface area contributed by atoms with Crippen LogP contribution in [0, 0.1) is 0 Å². The van der Waals surface area contributed by atoms with Crippen molar-refractivity contribution >= 4 is 11.4 Å². The van der Waals surface area contributed by atoms with Crippen molar-refractivity contribution < 1.29 is 0 Å². The molecule has 0 saturated carbocycles. The van der Waals surface area contributed by atoms with Crippen LogP contribution in [-0.2, 0) is 0 Å². The number of nitrogens with two attached hydrogens (primary N) is 1. The Balaban J connectivity index is 2.32. The molecule has 1 aliphatic heterocycles. The van der Waals surface area contributed by atoms with E-state index < -0.39 is 0 Å².